The van der Waals surface area contributed by atoms with E-state index in [0.717, 1.165) is 31.1 Å². The number of hydrogen-bond donors (Lipinski definition) is 2. The Bertz CT molecular complexity index is 498. The van der Waals surface area contributed by atoms with Gasteiger partial charge in [-0.05, 0) is 86.4 Å². The van der Waals surface area contributed by atoms with Gasteiger partial charge < -0.3 is 10.2 Å². The van der Waals surface area contributed by atoms with E-state index in [1.54, 1.807) is 5.57 Å². The van der Waals surface area contributed by atoms with Crippen LogP contribution in [0, 0.1) is 28.6 Å². The quantitative estimate of drug-likeness (QED) is 0.439. The molecule has 3 aliphatic carbocycles. The molecule has 3 saturated carbocycles. The van der Waals surface area contributed by atoms with Crippen LogP contribution in [-0.2, 0) is 0 Å². The summed E-state index contributed by atoms with van der Waals surface area (Å²) in [5.74, 6) is 2.29. The summed E-state index contributed by atoms with van der Waals surface area (Å²) < 4.78 is 0. The summed E-state index contributed by atoms with van der Waals surface area (Å²) in [4.78, 5) is 0. The Balaban J connectivity index is 1.83. The second-order valence-electron chi connectivity index (χ2n) is 10.2. The summed E-state index contributed by atoms with van der Waals surface area (Å²) in [5.41, 5.74) is 2.26. The van der Waals surface area contributed by atoms with E-state index >= 15 is 0 Å². The van der Waals surface area contributed by atoms with E-state index in [4.69, 9.17) is 0 Å². The van der Waals surface area contributed by atoms with Crippen LogP contribution in [0.25, 0.3) is 0 Å². The van der Waals surface area contributed by atoms with Gasteiger partial charge in [0.15, 0.2) is 0 Å². The average molecular weight is 363 g/mol. The second-order valence-corrected chi connectivity index (χ2v) is 10.2. The van der Waals surface area contributed by atoms with E-state index < -0.39 is 0 Å². The molecule has 0 bridgehead atoms. The Kier molecular flexibility index (Phi) is 6.55. The third kappa shape index (κ3) is 3.78. The maximum absolute atomic E-state index is 10.7. The Morgan fingerprint density at radius 2 is 1.88 bits per heavy atom. The number of aliphatic hydroxyl groups is 2. The van der Waals surface area contributed by atoms with Crippen LogP contribution in [0.15, 0.2) is 11.6 Å². The molecule has 0 aromatic heterocycles. The van der Waals surface area contributed by atoms with Crippen molar-refractivity contribution in [3.63, 3.8) is 0 Å². The Morgan fingerprint density at radius 1 is 1.08 bits per heavy atom. The molecule has 0 radical (unpaired) electrons. The molecule has 0 aromatic carbocycles. The monoisotopic (exact) mass is 362 g/mol. The molecule has 0 spiro atoms. The highest BCUT2D eigenvalue weighted by atomic mass is 16.3. The second kappa shape index (κ2) is 8.35. The van der Waals surface area contributed by atoms with Crippen LogP contribution in [-0.4, -0.2) is 22.9 Å². The molecular weight excluding hydrogens is 320 g/mol. The highest BCUT2D eigenvalue weighted by Crippen LogP contribution is 2.64. The lowest BCUT2D eigenvalue weighted by molar-refractivity contribution is -0.0783. The van der Waals surface area contributed by atoms with E-state index in [-0.39, 0.29) is 11.5 Å². The molecule has 0 aromatic rings. The predicted octanol–water partition coefficient (Wildman–Crippen LogP) is 5.87. The maximum atomic E-state index is 10.7. The fourth-order valence-corrected chi connectivity index (χ4v) is 7.01. The van der Waals surface area contributed by atoms with Crippen LogP contribution in [0.3, 0.4) is 0 Å². The Hall–Kier alpha value is -0.340. The van der Waals surface area contributed by atoms with Crippen LogP contribution in [0.4, 0.5) is 0 Å². The van der Waals surface area contributed by atoms with Crippen LogP contribution in [0.1, 0.15) is 97.8 Å². The Morgan fingerprint density at radius 3 is 2.62 bits per heavy atom. The topological polar surface area (TPSA) is 40.5 Å². The molecule has 0 saturated heterocycles. The molecule has 3 aliphatic rings. The van der Waals surface area contributed by atoms with Crippen LogP contribution >= 0.6 is 0 Å². The fourth-order valence-electron chi connectivity index (χ4n) is 7.01. The minimum atomic E-state index is -0.0801. The van der Waals surface area contributed by atoms with Gasteiger partial charge in [-0.25, -0.2) is 0 Å². The average Bonchev–Trinajstić information content (AvgIpc) is 2.91. The van der Waals surface area contributed by atoms with Crippen molar-refractivity contribution in [1.82, 2.24) is 0 Å². The van der Waals surface area contributed by atoms with Crippen molar-refractivity contribution in [3.05, 3.63) is 11.6 Å². The zero-order chi connectivity index (χ0) is 18.8. The standard InChI is InChI=1S/C24H42O2/c1-4-5-6-9-18-16-19-20(23(2,17-18)13-7-8-15-25)12-14-24(3)21(19)10-11-22(24)26/h9,19-22,25-26H,4-8,10-17H2,1-3H3/b18-9-/t19-,20+,21+,22+,23+,24+/m1/s1. The lowest BCUT2D eigenvalue weighted by Crippen LogP contribution is -2.50. The van der Waals surface area contributed by atoms with E-state index in [9.17, 15) is 10.2 Å². The van der Waals surface area contributed by atoms with Crippen LogP contribution < -0.4 is 0 Å². The van der Waals surface area contributed by atoms with E-state index in [0.29, 0.717) is 17.9 Å². The van der Waals surface area contributed by atoms with Gasteiger partial charge in [-0.1, -0.05) is 51.7 Å². The molecule has 3 rings (SSSR count). The zero-order valence-electron chi connectivity index (χ0n) is 17.5. The summed E-state index contributed by atoms with van der Waals surface area (Å²) >= 11 is 0. The van der Waals surface area contributed by atoms with Crippen molar-refractivity contribution in [1.29, 1.82) is 0 Å². The highest BCUT2D eigenvalue weighted by molar-refractivity contribution is 5.17. The minimum absolute atomic E-state index is 0.0801. The lowest BCUT2D eigenvalue weighted by Gasteiger charge is -2.57. The molecule has 0 unspecified atom stereocenters. The molecule has 26 heavy (non-hydrogen) atoms. The first-order valence-corrected chi connectivity index (χ1v) is 11.4. The molecule has 0 aliphatic heterocycles. The largest absolute Gasteiger partial charge is 0.396 e. The van der Waals surface area contributed by atoms with Crippen LogP contribution in [0.2, 0.25) is 0 Å². The molecule has 2 heteroatoms. The smallest absolute Gasteiger partial charge is 0.0596 e. The summed E-state index contributed by atoms with van der Waals surface area (Å²) in [6.45, 7) is 7.53. The number of aliphatic hydroxyl groups excluding tert-OH is 2. The summed E-state index contributed by atoms with van der Waals surface area (Å²) in [6, 6.07) is 0. The number of rotatable bonds is 7. The lowest BCUT2D eigenvalue weighted by atomic mass is 9.48. The van der Waals surface area contributed by atoms with Gasteiger partial charge in [0, 0.05) is 6.61 Å². The maximum Gasteiger partial charge on any atom is 0.0596 e. The fraction of sp³-hybridized carbons (Fsp3) is 0.917. The highest BCUT2D eigenvalue weighted by Gasteiger charge is 2.57. The molecule has 2 nitrogen and oxygen atoms in total. The SMILES string of the molecule is CCCC/C=C1/C[C@@H]2[C@H](CC[C@]3(C)[C@@H](O)CC[C@@H]23)[C@@](C)(CCCCO)C1. The summed E-state index contributed by atoms with van der Waals surface area (Å²) in [7, 11) is 0. The number of fused-ring (bicyclic) bond motifs is 3. The van der Waals surface area contributed by atoms with E-state index in [1.807, 2.05) is 0 Å². The van der Waals surface area contributed by atoms with Gasteiger partial charge in [0.2, 0.25) is 0 Å². The van der Waals surface area contributed by atoms with Gasteiger partial charge in [0.05, 0.1) is 6.10 Å². The van der Waals surface area contributed by atoms with Gasteiger partial charge in [-0.15, -0.1) is 0 Å². The predicted molar refractivity (Wildman–Crippen MR) is 109 cm³/mol. The first-order valence-electron chi connectivity index (χ1n) is 11.4. The van der Waals surface area contributed by atoms with Crippen molar-refractivity contribution in [2.45, 2.75) is 104 Å². The third-order valence-electron chi connectivity index (χ3n) is 8.56. The van der Waals surface area contributed by atoms with Gasteiger partial charge >= 0.3 is 0 Å². The van der Waals surface area contributed by atoms with Crippen molar-refractivity contribution < 1.29 is 10.2 Å². The van der Waals surface area contributed by atoms with E-state index in [2.05, 4.69) is 26.8 Å². The summed E-state index contributed by atoms with van der Waals surface area (Å²) in [6.07, 6.45) is 17.0. The zero-order valence-corrected chi connectivity index (χ0v) is 17.5. The molecule has 6 atom stereocenters. The first-order chi connectivity index (χ1) is 12.4. The van der Waals surface area contributed by atoms with Crippen LogP contribution in [0.5, 0.6) is 0 Å². The van der Waals surface area contributed by atoms with Crippen molar-refractivity contribution in [2.24, 2.45) is 28.6 Å². The summed E-state index contributed by atoms with van der Waals surface area (Å²) in [5, 5.41) is 19.9. The van der Waals surface area contributed by atoms with Gasteiger partial charge in [0.25, 0.3) is 0 Å². The minimum Gasteiger partial charge on any atom is -0.396 e. The molecule has 150 valence electrons. The van der Waals surface area contributed by atoms with Gasteiger partial charge in [-0.2, -0.15) is 0 Å². The van der Waals surface area contributed by atoms with Crippen molar-refractivity contribution in [3.8, 4) is 0 Å². The van der Waals surface area contributed by atoms with Gasteiger partial charge in [0.1, 0.15) is 0 Å². The van der Waals surface area contributed by atoms with Gasteiger partial charge in [-0.3, -0.25) is 0 Å². The normalized spacial score (nSPS) is 44.1. The Labute approximate surface area is 161 Å². The number of unbranched alkanes of at least 4 members (excludes halogenated alkanes) is 3. The number of hydrogen-bond acceptors (Lipinski definition) is 2. The molecular formula is C24H42O2. The number of allylic oxidation sites excluding steroid dienone is 2. The molecule has 3 fully saturated rings. The molecule has 2 N–H and O–H groups in total. The first kappa shape index (κ1) is 20.4. The van der Waals surface area contributed by atoms with Crippen molar-refractivity contribution >= 4 is 0 Å². The third-order valence-corrected chi connectivity index (χ3v) is 8.56. The van der Waals surface area contributed by atoms with E-state index in [1.165, 1.54) is 57.8 Å². The molecule has 0 heterocycles. The van der Waals surface area contributed by atoms with Crippen molar-refractivity contribution in [2.75, 3.05) is 6.61 Å². The molecule has 0 amide bonds.